The van der Waals surface area contributed by atoms with Crippen LogP contribution in [0, 0.1) is 0 Å². The van der Waals surface area contributed by atoms with E-state index in [2.05, 4.69) is 185 Å². The van der Waals surface area contributed by atoms with Gasteiger partial charge in [-0.05, 0) is 70.8 Å². The number of hydrogen-bond acceptors (Lipinski definition) is 1. The fourth-order valence-corrected chi connectivity index (χ4v) is 8.22. The van der Waals surface area contributed by atoms with Crippen molar-refractivity contribution in [2.24, 2.45) is 0 Å². The molecule has 0 aliphatic carbocycles. The summed E-state index contributed by atoms with van der Waals surface area (Å²) in [5.74, 6) is 0. The largest absolute Gasteiger partial charge is 0.456 e. The molecule has 238 valence electrons. The number of para-hydroxylation sites is 4. The summed E-state index contributed by atoms with van der Waals surface area (Å²) < 4.78 is 11.5. The minimum atomic E-state index is 0.875. The van der Waals surface area contributed by atoms with E-state index in [0.717, 1.165) is 55.5 Å². The summed E-state index contributed by atoms with van der Waals surface area (Å²) in [7, 11) is 0. The fourth-order valence-electron chi connectivity index (χ4n) is 8.22. The van der Waals surface area contributed by atoms with E-state index in [-0.39, 0.29) is 0 Å². The molecule has 51 heavy (non-hydrogen) atoms. The molecule has 0 aliphatic rings. The average molecular weight is 651 g/mol. The Morgan fingerprint density at radius 3 is 1.49 bits per heavy atom. The van der Waals surface area contributed by atoms with E-state index in [4.69, 9.17) is 4.42 Å². The lowest BCUT2D eigenvalue weighted by Crippen LogP contribution is -1.98. The van der Waals surface area contributed by atoms with Gasteiger partial charge in [-0.3, -0.25) is 0 Å². The summed E-state index contributed by atoms with van der Waals surface area (Å²) in [6.07, 6.45) is 0. The molecule has 0 saturated heterocycles. The summed E-state index contributed by atoms with van der Waals surface area (Å²) in [5.41, 5.74) is 13.4. The second-order valence-corrected chi connectivity index (χ2v) is 13.3. The summed E-state index contributed by atoms with van der Waals surface area (Å²) in [5, 5.41) is 7.17. The van der Waals surface area contributed by atoms with Crippen LogP contribution in [0.4, 0.5) is 0 Å². The van der Waals surface area contributed by atoms with Crippen LogP contribution in [0.15, 0.2) is 186 Å². The Morgan fingerprint density at radius 1 is 0.314 bits per heavy atom. The molecule has 0 saturated carbocycles. The van der Waals surface area contributed by atoms with Crippen molar-refractivity contribution in [3.63, 3.8) is 0 Å². The molecule has 0 radical (unpaired) electrons. The molecule has 0 unspecified atom stereocenters. The number of furan rings is 1. The lowest BCUT2D eigenvalue weighted by atomic mass is 9.98. The molecule has 0 atom stereocenters. The van der Waals surface area contributed by atoms with Crippen LogP contribution < -0.4 is 0 Å². The SMILES string of the molecule is c1ccc(-c2ccc(-c3cc(-n4c5ccccc5c5ccc(-n6c7ccccc7c7ccccc76)cc54)c4c(c3)oc3ccccc34)cc2)cc1. The highest BCUT2D eigenvalue weighted by molar-refractivity contribution is 6.16. The van der Waals surface area contributed by atoms with Crippen LogP contribution in [0.3, 0.4) is 0 Å². The first-order valence-corrected chi connectivity index (χ1v) is 17.4. The Bertz CT molecular complexity index is 3070. The molecule has 0 fully saturated rings. The van der Waals surface area contributed by atoms with Gasteiger partial charge in [-0.1, -0.05) is 133 Å². The maximum absolute atomic E-state index is 6.63. The highest BCUT2D eigenvalue weighted by Crippen LogP contribution is 2.42. The van der Waals surface area contributed by atoms with E-state index >= 15 is 0 Å². The third-order valence-corrected chi connectivity index (χ3v) is 10.5. The van der Waals surface area contributed by atoms with Gasteiger partial charge in [0.25, 0.3) is 0 Å². The third-order valence-electron chi connectivity index (χ3n) is 10.5. The van der Waals surface area contributed by atoms with Crippen molar-refractivity contribution < 1.29 is 4.42 Å². The highest BCUT2D eigenvalue weighted by atomic mass is 16.3. The van der Waals surface area contributed by atoms with E-state index in [0.29, 0.717) is 0 Å². The summed E-state index contributed by atoms with van der Waals surface area (Å²) in [6.45, 7) is 0. The summed E-state index contributed by atoms with van der Waals surface area (Å²) in [6, 6.07) is 65.5. The van der Waals surface area contributed by atoms with Crippen LogP contribution in [-0.4, -0.2) is 9.13 Å². The zero-order valence-corrected chi connectivity index (χ0v) is 27.6. The molecule has 3 nitrogen and oxygen atoms in total. The predicted octanol–water partition coefficient (Wildman–Crippen LogP) is 13.1. The van der Waals surface area contributed by atoms with E-state index < -0.39 is 0 Å². The summed E-state index contributed by atoms with van der Waals surface area (Å²) in [4.78, 5) is 0. The Hall–Kier alpha value is -6.84. The van der Waals surface area contributed by atoms with Gasteiger partial charge in [0, 0.05) is 32.6 Å². The molecule has 11 rings (SSSR count). The first kappa shape index (κ1) is 28.0. The molecule has 3 aromatic heterocycles. The van der Waals surface area contributed by atoms with Crippen molar-refractivity contribution in [1.29, 1.82) is 0 Å². The normalized spacial score (nSPS) is 11.9. The minimum Gasteiger partial charge on any atom is -0.456 e. The van der Waals surface area contributed by atoms with Gasteiger partial charge in [-0.25, -0.2) is 0 Å². The molecule has 0 amide bonds. The van der Waals surface area contributed by atoms with Gasteiger partial charge in [0.2, 0.25) is 0 Å². The second kappa shape index (κ2) is 10.8. The maximum atomic E-state index is 6.63. The topological polar surface area (TPSA) is 23.0 Å². The van der Waals surface area contributed by atoms with Gasteiger partial charge in [-0.2, -0.15) is 0 Å². The van der Waals surface area contributed by atoms with Gasteiger partial charge in [0.05, 0.1) is 33.1 Å². The van der Waals surface area contributed by atoms with Crippen LogP contribution in [0.2, 0.25) is 0 Å². The van der Waals surface area contributed by atoms with Crippen molar-refractivity contribution in [2.75, 3.05) is 0 Å². The van der Waals surface area contributed by atoms with Gasteiger partial charge < -0.3 is 13.6 Å². The molecule has 0 bridgehead atoms. The minimum absolute atomic E-state index is 0.875. The molecule has 8 aromatic carbocycles. The smallest absolute Gasteiger partial charge is 0.138 e. The Kier molecular flexibility index (Phi) is 5.96. The van der Waals surface area contributed by atoms with E-state index in [1.807, 2.05) is 6.07 Å². The zero-order chi connectivity index (χ0) is 33.5. The lowest BCUT2D eigenvalue weighted by molar-refractivity contribution is 0.669. The van der Waals surface area contributed by atoms with E-state index in [1.54, 1.807) is 0 Å². The van der Waals surface area contributed by atoms with Crippen molar-refractivity contribution in [1.82, 2.24) is 9.13 Å². The molecular formula is C48H30N2O. The molecule has 0 N–H and O–H groups in total. The number of aromatic nitrogens is 2. The standard InChI is InChI=1S/C48H30N2O/c1-2-12-31(13-3-1)32-22-24-33(25-23-32)34-28-45(48-40-17-7-11-21-46(40)51-47(48)29-34)50-43-20-10-6-16-38(43)39-27-26-35(30-44(39)50)49-41-18-8-4-14-36(41)37-15-5-9-19-42(37)49/h1-30H. The van der Waals surface area contributed by atoms with Gasteiger partial charge in [0.1, 0.15) is 11.2 Å². The number of nitrogens with zero attached hydrogens (tertiary/aromatic N) is 2. The predicted molar refractivity (Wildman–Crippen MR) is 213 cm³/mol. The Balaban J connectivity index is 1.21. The Labute approximate surface area is 293 Å². The van der Waals surface area contributed by atoms with Gasteiger partial charge >= 0.3 is 0 Å². The lowest BCUT2D eigenvalue weighted by Gasteiger charge is -2.14. The van der Waals surface area contributed by atoms with Crippen molar-refractivity contribution in [3.8, 4) is 33.6 Å². The van der Waals surface area contributed by atoms with Crippen molar-refractivity contribution in [3.05, 3.63) is 182 Å². The first-order chi connectivity index (χ1) is 25.3. The number of fused-ring (bicyclic) bond motifs is 9. The zero-order valence-electron chi connectivity index (χ0n) is 27.6. The molecule has 0 aliphatic heterocycles. The van der Waals surface area contributed by atoms with Crippen LogP contribution in [-0.2, 0) is 0 Å². The maximum Gasteiger partial charge on any atom is 0.138 e. The van der Waals surface area contributed by atoms with Crippen LogP contribution >= 0.6 is 0 Å². The molecule has 3 heteroatoms. The first-order valence-electron chi connectivity index (χ1n) is 17.4. The van der Waals surface area contributed by atoms with Crippen molar-refractivity contribution >= 4 is 65.6 Å². The van der Waals surface area contributed by atoms with Crippen molar-refractivity contribution in [2.45, 2.75) is 0 Å². The Morgan fingerprint density at radius 2 is 0.824 bits per heavy atom. The second-order valence-electron chi connectivity index (χ2n) is 13.3. The van der Waals surface area contributed by atoms with Gasteiger partial charge in [-0.15, -0.1) is 0 Å². The van der Waals surface area contributed by atoms with Crippen LogP contribution in [0.1, 0.15) is 0 Å². The van der Waals surface area contributed by atoms with Crippen LogP contribution in [0.5, 0.6) is 0 Å². The highest BCUT2D eigenvalue weighted by Gasteiger charge is 2.21. The summed E-state index contributed by atoms with van der Waals surface area (Å²) >= 11 is 0. The average Bonchev–Trinajstić information content (AvgIpc) is 3.85. The van der Waals surface area contributed by atoms with E-state index in [1.165, 1.54) is 43.7 Å². The van der Waals surface area contributed by atoms with E-state index in [9.17, 15) is 0 Å². The molecule has 3 heterocycles. The van der Waals surface area contributed by atoms with Gasteiger partial charge in [0.15, 0.2) is 0 Å². The molecule has 0 spiro atoms. The quantitative estimate of drug-likeness (QED) is 0.186. The fraction of sp³-hybridized carbons (Fsp3) is 0. The monoisotopic (exact) mass is 650 g/mol. The number of hydrogen-bond donors (Lipinski definition) is 0. The number of benzene rings is 8. The molecular weight excluding hydrogens is 621 g/mol. The molecule has 11 aromatic rings. The third kappa shape index (κ3) is 4.19. The number of rotatable bonds is 4. The van der Waals surface area contributed by atoms with Crippen LogP contribution in [0.25, 0.3) is 99.2 Å².